The number of carbonyl (C=O) groups is 1. The highest BCUT2D eigenvalue weighted by atomic mass is 16.5. The Bertz CT molecular complexity index is 753. The number of benzene rings is 1. The van der Waals surface area contributed by atoms with E-state index < -0.39 is 5.63 Å². The molecular formula is C17H20O4. The average molecular weight is 288 g/mol. The molecule has 0 fully saturated rings. The van der Waals surface area contributed by atoms with Gasteiger partial charge in [-0.05, 0) is 52.3 Å². The van der Waals surface area contributed by atoms with Crippen LogP contribution in [0.25, 0.3) is 11.0 Å². The number of rotatable bonds is 4. The molecular weight excluding hydrogens is 268 g/mol. The minimum absolute atomic E-state index is 0.0472. The van der Waals surface area contributed by atoms with E-state index in [1.807, 2.05) is 39.8 Å². The van der Waals surface area contributed by atoms with Crippen molar-refractivity contribution in [3.8, 4) is 5.75 Å². The zero-order valence-corrected chi connectivity index (χ0v) is 13.1. The molecule has 21 heavy (non-hydrogen) atoms. The summed E-state index contributed by atoms with van der Waals surface area (Å²) in [4.78, 5) is 23.4. The summed E-state index contributed by atoms with van der Waals surface area (Å²) in [6, 6.07) is 3.75. The largest absolute Gasteiger partial charge is 0.491 e. The van der Waals surface area contributed by atoms with Crippen LogP contribution in [0.2, 0.25) is 0 Å². The third-order valence-corrected chi connectivity index (χ3v) is 3.44. The molecule has 0 radical (unpaired) electrons. The van der Waals surface area contributed by atoms with Gasteiger partial charge in [0.2, 0.25) is 0 Å². The minimum Gasteiger partial charge on any atom is -0.491 e. The van der Waals surface area contributed by atoms with Gasteiger partial charge in [-0.2, -0.15) is 0 Å². The number of hydrogen-bond acceptors (Lipinski definition) is 4. The molecule has 1 aromatic heterocycles. The number of Topliss-reactive ketones (excluding diaryl/α,β-unsaturated/α-hetero) is 1. The Labute approximate surface area is 123 Å². The van der Waals surface area contributed by atoms with Crippen LogP contribution in [0.1, 0.15) is 37.5 Å². The first-order chi connectivity index (χ1) is 9.81. The first kappa shape index (κ1) is 15.3. The highest BCUT2D eigenvalue weighted by molar-refractivity contribution is 5.87. The van der Waals surface area contributed by atoms with Crippen LogP contribution in [-0.4, -0.2) is 11.9 Å². The number of aryl methyl sites for hydroxylation is 2. The minimum atomic E-state index is -0.444. The van der Waals surface area contributed by atoms with Gasteiger partial charge in [0.1, 0.15) is 17.1 Å². The normalized spacial score (nSPS) is 11.1. The predicted octanol–water partition coefficient (Wildman–Crippen LogP) is 3.33. The molecule has 2 rings (SSSR count). The zero-order chi connectivity index (χ0) is 15.7. The van der Waals surface area contributed by atoms with Gasteiger partial charge in [0.05, 0.1) is 6.10 Å². The van der Waals surface area contributed by atoms with Crippen molar-refractivity contribution >= 4 is 16.8 Å². The Morgan fingerprint density at radius 1 is 1.24 bits per heavy atom. The second-order valence-corrected chi connectivity index (χ2v) is 5.60. The Hall–Kier alpha value is -2.10. The van der Waals surface area contributed by atoms with E-state index in [0.717, 1.165) is 16.5 Å². The lowest BCUT2D eigenvalue weighted by atomic mass is 10.0. The molecule has 1 heterocycles. The Morgan fingerprint density at radius 2 is 1.90 bits per heavy atom. The molecule has 2 aromatic rings. The maximum Gasteiger partial charge on any atom is 0.340 e. The monoisotopic (exact) mass is 288 g/mol. The average Bonchev–Trinajstić information content (AvgIpc) is 2.38. The molecule has 0 saturated heterocycles. The van der Waals surface area contributed by atoms with Crippen molar-refractivity contribution in [3.05, 3.63) is 39.2 Å². The van der Waals surface area contributed by atoms with Crippen molar-refractivity contribution in [3.63, 3.8) is 0 Å². The summed E-state index contributed by atoms with van der Waals surface area (Å²) in [5.41, 5.74) is 2.13. The van der Waals surface area contributed by atoms with Crippen LogP contribution in [0.4, 0.5) is 0 Å². The van der Waals surface area contributed by atoms with Gasteiger partial charge < -0.3 is 9.15 Å². The van der Waals surface area contributed by atoms with Gasteiger partial charge in [-0.15, -0.1) is 0 Å². The van der Waals surface area contributed by atoms with Gasteiger partial charge in [-0.1, -0.05) is 0 Å². The molecule has 0 unspecified atom stereocenters. The zero-order valence-electron chi connectivity index (χ0n) is 13.1. The molecule has 112 valence electrons. The summed E-state index contributed by atoms with van der Waals surface area (Å²) < 4.78 is 11.2. The van der Waals surface area contributed by atoms with Gasteiger partial charge >= 0.3 is 5.63 Å². The van der Waals surface area contributed by atoms with E-state index in [1.165, 1.54) is 6.92 Å². The van der Waals surface area contributed by atoms with Crippen molar-refractivity contribution in [2.24, 2.45) is 0 Å². The third-order valence-electron chi connectivity index (χ3n) is 3.44. The fourth-order valence-corrected chi connectivity index (χ4v) is 2.41. The number of ether oxygens (including phenoxy) is 1. The summed E-state index contributed by atoms with van der Waals surface area (Å²) in [6.07, 6.45) is 0.152. The summed E-state index contributed by atoms with van der Waals surface area (Å²) in [6.45, 7) is 9.07. The number of fused-ring (bicyclic) bond motifs is 1. The van der Waals surface area contributed by atoms with E-state index in [-0.39, 0.29) is 18.3 Å². The van der Waals surface area contributed by atoms with Gasteiger partial charge in [-0.25, -0.2) is 4.79 Å². The Morgan fingerprint density at radius 3 is 2.48 bits per heavy atom. The maximum atomic E-state index is 12.1. The van der Waals surface area contributed by atoms with Gasteiger partial charge in [0.15, 0.2) is 0 Å². The van der Waals surface area contributed by atoms with Crippen molar-refractivity contribution in [2.75, 3.05) is 0 Å². The van der Waals surface area contributed by atoms with Gasteiger partial charge in [-0.3, -0.25) is 4.79 Å². The van der Waals surface area contributed by atoms with E-state index in [0.29, 0.717) is 16.9 Å². The van der Waals surface area contributed by atoms with Crippen molar-refractivity contribution in [1.82, 2.24) is 0 Å². The quantitative estimate of drug-likeness (QED) is 0.810. The van der Waals surface area contributed by atoms with Crippen molar-refractivity contribution in [2.45, 2.75) is 47.1 Å². The van der Waals surface area contributed by atoms with E-state index >= 15 is 0 Å². The summed E-state index contributed by atoms with van der Waals surface area (Å²) in [7, 11) is 0. The first-order valence-corrected chi connectivity index (χ1v) is 7.03. The first-order valence-electron chi connectivity index (χ1n) is 7.03. The topological polar surface area (TPSA) is 56.5 Å². The lowest BCUT2D eigenvalue weighted by Crippen LogP contribution is -2.14. The van der Waals surface area contributed by atoms with Crippen LogP contribution >= 0.6 is 0 Å². The molecule has 4 heteroatoms. The number of carbonyl (C=O) groups excluding carboxylic acids is 1. The van der Waals surface area contributed by atoms with Crippen LogP contribution in [0, 0.1) is 13.8 Å². The maximum absolute atomic E-state index is 12.1. The molecule has 0 bridgehead atoms. The molecule has 0 aliphatic rings. The molecule has 0 amide bonds. The third kappa shape index (κ3) is 2.99. The molecule has 0 saturated carbocycles. The molecule has 0 aliphatic heterocycles. The lowest BCUT2D eigenvalue weighted by Gasteiger charge is -2.14. The number of ketones is 1. The smallest absolute Gasteiger partial charge is 0.340 e. The van der Waals surface area contributed by atoms with E-state index in [9.17, 15) is 9.59 Å². The van der Waals surface area contributed by atoms with Gasteiger partial charge in [0, 0.05) is 22.9 Å². The van der Waals surface area contributed by atoms with E-state index in [2.05, 4.69) is 0 Å². The fraction of sp³-hybridized carbons (Fsp3) is 0.412. The standard InChI is InChI=1S/C17H20O4/c1-9(2)20-15-7-6-13-11(4)14(8-10(3)18)17(19)21-16(13)12(15)5/h6-7,9H,8H2,1-5H3. The highest BCUT2D eigenvalue weighted by Crippen LogP contribution is 2.30. The molecule has 0 spiro atoms. The van der Waals surface area contributed by atoms with E-state index in [1.54, 1.807) is 0 Å². The second-order valence-electron chi connectivity index (χ2n) is 5.60. The van der Waals surface area contributed by atoms with Crippen LogP contribution in [-0.2, 0) is 11.2 Å². The summed E-state index contributed by atoms with van der Waals surface area (Å²) >= 11 is 0. The second kappa shape index (κ2) is 5.72. The fourth-order valence-electron chi connectivity index (χ4n) is 2.41. The van der Waals surface area contributed by atoms with Crippen LogP contribution in [0.15, 0.2) is 21.3 Å². The lowest BCUT2D eigenvalue weighted by molar-refractivity contribution is -0.116. The van der Waals surface area contributed by atoms with Crippen LogP contribution < -0.4 is 10.4 Å². The van der Waals surface area contributed by atoms with E-state index in [4.69, 9.17) is 9.15 Å². The Kier molecular flexibility index (Phi) is 4.16. The highest BCUT2D eigenvalue weighted by Gasteiger charge is 2.16. The predicted molar refractivity (Wildman–Crippen MR) is 82.1 cm³/mol. The molecule has 0 aliphatic carbocycles. The number of hydrogen-bond donors (Lipinski definition) is 0. The molecule has 0 atom stereocenters. The SMILES string of the molecule is CC(=O)Cc1c(C)c2ccc(OC(C)C)c(C)c2oc1=O. The van der Waals surface area contributed by atoms with Crippen molar-refractivity contribution in [1.29, 1.82) is 0 Å². The van der Waals surface area contributed by atoms with Crippen LogP contribution in [0.3, 0.4) is 0 Å². The molecule has 4 nitrogen and oxygen atoms in total. The van der Waals surface area contributed by atoms with Crippen molar-refractivity contribution < 1.29 is 13.9 Å². The molecule has 1 aromatic carbocycles. The summed E-state index contributed by atoms with van der Waals surface area (Å²) in [5.74, 6) is 0.653. The van der Waals surface area contributed by atoms with Gasteiger partial charge in [0.25, 0.3) is 0 Å². The Balaban J connectivity index is 2.69. The van der Waals surface area contributed by atoms with Crippen LogP contribution in [0.5, 0.6) is 5.75 Å². The summed E-state index contributed by atoms with van der Waals surface area (Å²) in [5, 5.41) is 0.847. The molecule has 0 N–H and O–H groups in total.